The summed E-state index contributed by atoms with van der Waals surface area (Å²) in [5.74, 6) is -0.452. The van der Waals surface area contributed by atoms with Gasteiger partial charge in [0, 0.05) is 28.4 Å². The van der Waals surface area contributed by atoms with Crippen LogP contribution in [0, 0.1) is 0 Å². The lowest BCUT2D eigenvalue weighted by atomic mass is 9.96. The minimum Gasteiger partial charge on any atom is -0.459 e. The number of ether oxygens (including phenoxy) is 1. The van der Waals surface area contributed by atoms with Gasteiger partial charge in [0.25, 0.3) is 5.56 Å². The maximum Gasteiger partial charge on any atom is 0.338 e. The summed E-state index contributed by atoms with van der Waals surface area (Å²) in [7, 11) is 0. The number of hydrogen-bond donors (Lipinski definition) is 0. The predicted molar refractivity (Wildman–Crippen MR) is 157 cm³/mol. The Labute approximate surface area is 229 Å². The average Bonchev–Trinajstić information content (AvgIpc) is 3.41. The highest BCUT2D eigenvalue weighted by atomic mass is 32.1. The minimum absolute atomic E-state index is 0.175. The number of aryl methyl sites for hydroxylation is 1. The number of hydrogen-bond acceptors (Lipinski definition) is 5. The SMILES string of the molecule is CCn1c2ccccc2c2cc(C=c3sc4n(c3=O)C(c3ccccc3)C(C(=O)OC(C)C)=C(C)N=4)ccc21. The van der Waals surface area contributed by atoms with Crippen molar-refractivity contribution in [1.82, 2.24) is 9.13 Å². The first-order chi connectivity index (χ1) is 18.9. The lowest BCUT2D eigenvalue weighted by Crippen LogP contribution is -2.40. The summed E-state index contributed by atoms with van der Waals surface area (Å²) in [4.78, 5) is 32.4. The van der Waals surface area contributed by atoms with Crippen molar-refractivity contribution in [2.45, 2.75) is 46.4 Å². The van der Waals surface area contributed by atoms with E-state index in [1.807, 2.05) is 50.3 Å². The van der Waals surface area contributed by atoms with Gasteiger partial charge in [-0.2, -0.15) is 0 Å². The molecule has 39 heavy (non-hydrogen) atoms. The van der Waals surface area contributed by atoms with Crippen molar-refractivity contribution < 1.29 is 9.53 Å². The number of allylic oxidation sites excluding steroid dienone is 1. The van der Waals surface area contributed by atoms with Crippen LogP contribution in [0.25, 0.3) is 27.9 Å². The molecule has 1 aliphatic heterocycles. The molecule has 0 bridgehead atoms. The van der Waals surface area contributed by atoms with Crippen LogP contribution in [-0.4, -0.2) is 21.2 Å². The largest absolute Gasteiger partial charge is 0.459 e. The lowest BCUT2D eigenvalue weighted by molar-refractivity contribution is -0.143. The fraction of sp³-hybridized carbons (Fsp3) is 0.219. The van der Waals surface area contributed by atoms with Gasteiger partial charge < -0.3 is 9.30 Å². The Balaban J connectivity index is 1.54. The van der Waals surface area contributed by atoms with Crippen molar-refractivity contribution in [1.29, 1.82) is 0 Å². The average molecular weight is 536 g/mol. The molecule has 1 atom stereocenters. The van der Waals surface area contributed by atoms with Crippen LogP contribution >= 0.6 is 11.3 Å². The van der Waals surface area contributed by atoms with Gasteiger partial charge in [0.1, 0.15) is 0 Å². The molecule has 2 aromatic heterocycles. The number of rotatable bonds is 5. The maximum atomic E-state index is 13.9. The van der Waals surface area contributed by atoms with Crippen molar-refractivity contribution in [3.63, 3.8) is 0 Å². The van der Waals surface area contributed by atoms with Crippen molar-refractivity contribution >= 4 is 45.2 Å². The molecular formula is C32H29N3O3S. The normalized spacial score (nSPS) is 15.7. The number of thiazole rings is 1. The maximum absolute atomic E-state index is 13.9. The van der Waals surface area contributed by atoms with E-state index >= 15 is 0 Å². The van der Waals surface area contributed by atoms with Gasteiger partial charge in [-0.25, -0.2) is 9.79 Å². The van der Waals surface area contributed by atoms with E-state index in [1.165, 1.54) is 27.8 Å². The standard InChI is InChI=1S/C32H29N3O3S/c1-5-34-25-14-10-9-13-23(25)24-17-21(15-16-26(24)34)18-27-30(36)35-29(22-11-7-6-8-12-22)28(31(37)38-19(2)3)20(4)33-32(35)39-27/h6-19,29H,5H2,1-4H3. The van der Waals surface area contributed by atoms with E-state index in [0.29, 0.717) is 20.6 Å². The molecule has 0 fully saturated rings. The third kappa shape index (κ3) is 4.23. The van der Waals surface area contributed by atoms with Gasteiger partial charge in [0.2, 0.25) is 0 Å². The monoisotopic (exact) mass is 535 g/mol. The van der Waals surface area contributed by atoms with Crippen LogP contribution in [0.5, 0.6) is 0 Å². The molecule has 0 N–H and O–H groups in total. The zero-order valence-electron chi connectivity index (χ0n) is 22.3. The van der Waals surface area contributed by atoms with Crippen molar-refractivity contribution in [3.8, 4) is 0 Å². The fourth-order valence-corrected chi connectivity index (χ4v) is 6.51. The number of fused-ring (bicyclic) bond motifs is 4. The molecule has 0 spiro atoms. The van der Waals surface area contributed by atoms with Crippen LogP contribution in [0.1, 0.15) is 44.9 Å². The third-order valence-corrected chi connectivity index (χ3v) is 8.09. The molecule has 6 nitrogen and oxygen atoms in total. The summed E-state index contributed by atoms with van der Waals surface area (Å²) in [5.41, 5.74) is 4.93. The fourth-order valence-electron chi connectivity index (χ4n) is 5.46. The molecule has 0 aliphatic carbocycles. The molecular weight excluding hydrogens is 506 g/mol. The third-order valence-electron chi connectivity index (χ3n) is 7.11. The molecule has 196 valence electrons. The van der Waals surface area contributed by atoms with Gasteiger partial charge in [0.05, 0.1) is 27.9 Å². The molecule has 3 aromatic carbocycles. The molecule has 3 heterocycles. The van der Waals surface area contributed by atoms with Gasteiger partial charge in [-0.3, -0.25) is 9.36 Å². The van der Waals surface area contributed by atoms with Gasteiger partial charge in [-0.15, -0.1) is 0 Å². The van der Waals surface area contributed by atoms with Crippen LogP contribution < -0.4 is 14.9 Å². The molecule has 0 saturated heterocycles. The van der Waals surface area contributed by atoms with E-state index in [0.717, 1.165) is 23.1 Å². The van der Waals surface area contributed by atoms with E-state index in [2.05, 4.69) is 54.0 Å². The lowest BCUT2D eigenvalue weighted by Gasteiger charge is -2.25. The Morgan fingerprint density at radius 3 is 2.49 bits per heavy atom. The summed E-state index contributed by atoms with van der Waals surface area (Å²) < 4.78 is 10.1. The number of esters is 1. The number of carbonyl (C=O) groups excluding carboxylic acids is 1. The predicted octanol–water partition coefficient (Wildman–Crippen LogP) is 5.31. The molecule has 0 amide bonds. The van der Waals surface area contributed by atoms with Gasteiger partial charge in [-0.1, -0.05) is 65.9 Å². The van der Waals surface area contributed by atoms with Crippen LogP contribution in [0.15, 0.2) is 93.9 Å². The first-order valence-electron chi connectivity index (χ1n) is 13.2. The van der Waals surface area contributed by atoms with Crippen LogP contribution in [-0.2, 0) is 16.1 Å². The first kappa shape index (κ1) is 25.1. The minimum atomic E-state index is -0.610. The van der Waals surface area contributed by atoms with Crippen LogP contribution in [0.4, 0.5) is 0 Å². The second-order valence-corrected chi connectivity index (χ2v) is 11.0. The summed E-state index contributed by atoms with van der Waals surface area (Å²) in [6.45, 7) is 8.46. The van der Waals surface area contributed by atoms with E-state index in [9.17, 15) is 9.59 Å². The van der Waals surface area contributed by atoms with Crippen LogP contribution in [0.2, 0.25) is 0 Å². The highest BCUT2D eigenvalue weighted by Gasteiger charge is 2.33. The summed E-state index contributed by atoms with van der Waals surface area (Å²) in [6.07, 6.45) is 1.64. The Hall–Kier alpha value is -4.23. The number of carbonyl (C=O) groups is 1. The molecule has 5 aromatic rings. The Morgan fingerprint density at radius 2 is 1.74 bits per heavy atom. The molecule has 1 aliphatic rings. The second kappa shape index (κ2) is 9.82. The first-order valence-corrected chi connectivity index (χ1v) is 14.0. The van der Waals surface area contributed by atoms with Gasteiger partial charge >= 0.3 is 5.97 Å². The highest BCUT2D eigenvalue weighted by molar-refractivity contribution is 7.07. The number of nitrogens with zero attached hydrogens (tertiary/aromatic N) is 3. The zero-order chi connectivity index (χ0) is 27.3. The van der Waals surface area contributed by atoms with E-state index in [4.69, 9.17) is 9.73 Å². The van der Waals surface area contributed by atoms with Gasteiger partial charge in [-0.05, 0) is 63.1 Å². The summed E-state index contributed by atoms with van der Waals surface area (Å²) in [6, 6.07) is 23.7. The van der Waals surface area contributed by atoms with E-state index < -0.39 is 12.0 Å². The van der Waals surface area contributed by atoms with Crippen LogP contribution in [0.3, 0.4) is 0 Å². The molecule has 1 unspecified atom stereocenters. The summed E-state index contributed by atoms with van der Waals surface area (Å²) in [5, 5.41) is 2.35. The number of aromatic nitrogens is 2. The number of para-hydroxylation sites is 1. The van der Waals surface area contributed by atoms with Crippen molar-refractivity contribution in [2.24, 2.45) is 4.99 Å². The molecule has 6 rings (SSSR count). The molecule has 7 heteroatoms. The smallest absolute Gasteiger partial charge is 0.338 e. The Kier molecular flexibility index (Phi) is 6.31. The van der Waals surface area contributed by atoms with E-state index in [-0.39, 0.29) is 11.7 Å². The Morgan fingerprint density at radius 1 is 1.03 bits per heavy atom. The topological polar surface area (TPSA) is 65.6 Å². The Bertz CT molecular complexity index is 1960. The quantitative estimate of drug-likeness (QED) is 0.286. The van der Waals surface area contributed by atoms with Gasteiger partial charge in [0.15, 0.2) is 4.80 Å². The zero-order valence-corrected chi connectivity index (χ0v) is 23.2. The van der Waals surface area contributed by atoms with Crippen molar-refractivity contribution in [2.75, 3.05) is 0 Å². The molecule has 0 radical (unpaired) electrons. The van der Waals surface area contributed by atoms with Crippen molar-refractivity contribution in [3.05, 3.63) is 115 Å². The number of benzene rings is 3. The molecule has 0 saturated carbocycles. The second-order valence-electron chi connectivity index (χ2n) is 9.98. The highest BCUT2D eigenvalue weighted by Crippen LogP contribution is 2.32. The summed E-state index contributed by atoms with van der Waals surface area (Å²) >= 11 is 1.34. The van der Waals surface area contributed by atoms with E-state index in [1.54, 1.807) is 11.5 Å².